The molecule has 0 saturated heterocycles. The molecule has 4 aliphatic rings. The summed E-state index contributed by atoms with van der Waals surface area (Å²) in [5.74, 6) is 0. The highest BCUT2D eigenvalue weighted by Gasteiger charge is 2.54. The van der Waals surface area contributed by atoms with Gasteiger partial charge in [0.2, 0.25) is 0 Å². The summed E-state index contributed by atoms with van der Waals surface area (Å²) in [4.78, 5) is 5.12. The van der Waals surface area contributed by atoms with Crippen molar-refractivity contribution in [2.45, 2.75) is 10.8 Å². The van der Waals surface area contributed by atoms with E-state index < -0.39 is 10.8 Å². The van der Waals surface area contributed by atoms with E-state index in [4.69, 9.17) is 4.42 Å². The molecule has 6 heterocycles. The molecule has 2 spiro atoms. The molecule has 2 aliphatic carbocycles. The summed E-state index contributed by atoms with van der Waals surface area (Å²) in [6.45, 7) is 0. The summed E-state index contributed by atoms with van der Waals surface area (Å²) in [6, 6.07) is 198. The lowest BCUT2D eigenvalue weighted by molar-refractivity contribution is 0.669. The van der Waals surface area contributed by atoms with Crippen molar-refractivity contribution in [1.29, 1.82) is 0 Å². The van der Waals surface area contributed by atoms with Crippen LogP contribution in [0.15, 0.2) is 532 Å². The minimum Gasteiger partial charge on any atom is -0.456 e. The molecule has 2 aliphatic heterocycles. The topological polar surface area (TPSA) is 34.4 Å². The van der Waals surface area contributed by atoms with Crippen LogP contribution < -0.4 is 9.80 Å². The van der Waals surface area contributed by atoms with Gasteiger partial charge in [-0.15, -0.1) is 0 Å². The Morgan fingerprint density at radius 2 is 0.534 bits per heavy atom. The van der Waals surface area contributed by atoms with E-state index in [1.54, 1.807) is 0 Å². The Hall–Kier alpha value is -19.1. The lowest BCUT2D eigenvalue weighted by Crippen LogP contribution is -2.33. The number of para-hydroxylation sites is 10. The van der Waals surface area contributed by atoms with Crippen LogP contribution in [0.3, 0.4) is 0 Å². The predicted octanol–water partition coefficient (Wildman–Crippen LogP) is 36.8. The second kappa shape index (κ2) is 31.7. The molecular weight excluding hydrogens is 1770 g/mol. The maximum atomic E-state index is 6.52. The standard InChI is InChI=1S/C140H87N5O/c1-3-33-88(34-4-1)90-69-73-93(74-70-90)100-39-9-19-58-121(100)141(130-66-31-54-117-135(130)108-45-7-15-50-113(108)139(117)115-52-17-24-63-127(115)144-125-62-23-12-42-104(125)107-48-28-56-119(139)137(107)144)98-81-77-92(78-82-98)95-37-27-38-99(85-95)142-124-61-22-13-43-105(124)111-86-97(79-83-126(111)142)103-47-30-65-129-134(103)110-49-29-57-120-138(110)145(129)128-64-25-18-53-116(128)140(120)114-51-16-8-46-109(114)136-118(140)55-32-67-131(136)143(122-59-20-10-40-101(122)94-75-71-91(72-76-94)89-35-5-2-6-36-89)123-60-21-11-41-102(123)96-80-84-133-112(87-96)106-44-14-26-68-132(106)146-133/h1-87H. The van der Waals surface area contributed by atoms with Gasteiger partial charge >= 0.3 is 0 Å². The molecule has 6 nitrogen and oxygen atoms in total. The predicted molar refractivity (Wildman–Crippen MR) is 606 cm³/mol. The zero-order chi connectivity index (χ0) is 95.6. The van der Waals surface area contributed by atoms with Crippen LogP contribution in [0.4, 0.5) is 34.1 Å². The minimum atomic E-state index is -0.769. The molecule has 678 valence electrons. The highest BCUT2D eigenvalue weighted by atomic mass is 16.3. The molecule has 0 saturated carbocycles. The number of hydrogen-bond donors (Lipinski definition) is 0. The number of benzene rings is 23. The Morgan fingerprint density at radius 1 is 0.178 bits per heavy atom. The van der Waals surface area contributed by atoms with Gasteiger partial charge in [0.15, 0.2) is 0 Å². The highest BCUT2D eigenvalue weighted by Crippen LogP contribution is 2.67. The van der Waals surface area contributed by atoms with E-state index in [9.17, 15) is 0 Å². The average molecular weight is 1860 g/mol. The number of fused-ring (bicyclic) bond motifs is 30. The van der Waals surface area contributed by atoms with Gasteiger partial charge in [0.25, 0.3) is 0 Å². The fourth-order valence-electron chi connectivity index (χ4n) is 26.3. The number of anilines is 6. The first-order valence-electron chi connectivity index (χ1n) is 50.6. The Kier molecular flexibility index (Phi) is 17.7. The lowest BCUT2D eigenvalue weighted by Gasteiger charge is -2.39. The molecule has 6 heteroatoms. The molecule has 27 aromatic rings. The van der Waals surface area contributed by atoms with Crippen LogP contribution in [0.5, 0.6) is 0 Å². The quantitative estimate of drug-likeness (QED) is 0.109. The van der Waals surface area contributed by atoms with Crippen LogP contribution in [-0.4, -0.2) is 13.7 Å². The van der Waals surface area contributed by atoms with Crippen LogP contribution in [0.2, 0.25) is 0 Å². The van der Waals surface area contributed by atoms with E-state index in [-0.39, 0.29) is 0 Å². The average Bonchev–Trinajstić information content (AvgIpc) is 1.50. The zero-order valence-electron chi connectivity index (χ0n) is 79.4. The molecule has 146 heavy (non-hydrogen) atoms. The van der Waals surface area contributed by atoms with Crippen LogP contribution in [-0.2, 0) is 10.8 Å². The van der Waals surface area contributed by atoms with E-state index in [0.717, 1.165) is 134 Å². The van der Waals surface area contributed by atoms with Crippen molar-refractivity contribution in [3.05, 3.63) is 572 Å². The third kappa shape index (κ3) is 11.6. The fourth-order valence-corrected chi connectivity index (χ4v) is 26.3. The van der Waals surface area contributed by atoms with Crippen molar-refractivity contribution in [3.8, 4) is 117 Å². The van der Waals surface area contributed by atoms with E-state index in [1.807, 2.05) is 0 Å². The van der Waals surface area contributed by atoms with Gasteiger partial charge in [0, 0.05) is 82.3 Å². The summed E-state index contributed by atoms with van der Waals surface area (Å²) in [5, 5.41) is 9.51. The summed E-state index contributed by atoms with van der Waals surface area (Å²) >= 11 is 0. The maximum Gasteiger partial charge on any atom is 0.135 e. The Morgan fingerprint density at radius 3 is 1.15 bits per heavy atom. The second-order valence-electron chi connectivity index (χ2n) is 39.4. The van der Waals surface area contributed by atoms with E-state index in [1.165, 1.54) is 149 Å². The van der Waals surface area contributed by atoms with Crippen molar-refractivity contribution in [2.75, 3.05) is 9.80 Å². The molecule has 2 unspecified atom stereocenters. The minimum absolute atomic E-state index is 0.652. The number of furan rings is 1. The van der Waals surface area contributed by atoms with Gasteiger partial charge in [-0.25, -0.2) is 0 Å². The number of nitrogens with zero attached hydrogens (tertiary/aromatic N) is 5. The molecule has 31 rings (SSSR count). The van der Waals surface area contributed by atoms with Crippen molar-refractivity contribution >= 4 is 121 Å². The molecule has 0 N–H and O–H groups in total. The molecule has 0 fully saturated rings. The van der Waals surface area contributed by atoms with E-state index >= 15 is 0 Å². The van der Waals surface area contributed by atoms with Gasteiger partial charge in [-0.3, -0.25) is 0 Å². The van der Waals surface area contributed by atoms with E-state index in [0.29, 0.717) is 0 Å². The Balaban J connectivity index is 0.537. The van der Waals surface area contributed by atoms with Gasteiger partial charge in [0.1, 0.15) is 11.2 Å². The molecule has 0 radical (unpaired) electrons. The monoisotopic (exact) mass is 1850 g/mol. The molecular formula is C140H87N5O. The SMILES string of the molecule is c1ccc(-c2ccc(-c3ccccc3N(c3ccc(-c4cccc(-n5c6ccccc6c6cc(-c7cccc8c7c7cccc9c7n8-c7ccccc7C97c8ccccc8-c8c(N(c9ccccc9-c9ccc(-c%10ccccc%10)cc9)c9ccccc9-c9ccc%10oc%11ccccc%11c%10c9)cccc87)ccc65)c4)cc3)c3cccc4c3-c3ccccc3C43c4ccccc4-n4c5ccccc5c5cccc3c54)cc2)cc1. The van der Waals surface area contributed by atoms with Gasteiger partial charge in [-0.05, 0) is 232 Å². The third-order valence-electron chi connectivity index (χ3n) is 32.3. The summed E-state index contributed by atoms with van der Waals surface area (Å²) in [5.41, 5.74) is 48.3. The second-order valence-corrected chi connectivity index (χ2v) is 39.4. The van der Waals surface area contributed by atoms with Crippen LogP contribution >= 0.6 is 0 Å². The van der Waals surface area contributed by atoms with Crippen molar-refractivity contribution in [2.24, 2.45) is 0 Å². The fraction of sp³-hybridized carbons (Fsp3) is 0.0143. The number of rotatable bonds is 14. The van der Waals surface area contributed by atoms with Gasteiger partial charge in [-0.2, -0.15) is 0 Å². The van der Waals surface area contributed by atoms with Crippen LogP contribution in [0.25, 0.3) is 205 Å². The number of aromatic nitrogens is 3. The van der Waals surface area contributed by atoms with Crippen molar-refractivity contribution < 1.29 is 4.42 Å². The summed E-state index contributed by atoms with van der Waals surface area (Å²) in [7, 11) is 0. The molecule has 23 aromatic carbocycles. The van der Waals surface area contributed by atoms with Gasteiger partial charge in [-0.1, -0.05) is 413 Å². The summed E-state index contributed by atoms with van der Waals surface area (Å²) in [6.07, 6.45) is 0. The first kappa shape index (κ1) is 81.7. The van der Waals surface area contributed by atoms with Crippen LogP contribution in [0, 0.1) is 0 Å². The lowest BCUT2D eigenvalue weighted by atomic mass is 9.65. The molecule has 4 aromatic heterocycles. The maximum absolute atomic E-state index is 6.52. The first-order valence-corrected chi connectivity index (χ1v) is 50.6. The Bertz CT molecular complexity index is 10200. The zero-order valence-corrected chi connectivity index (χ0v) is 79.4. The van der Waals surface area contributed by atoms with Crippen molar-refractivity contribution in [1.82, 2.24) is 13.7 Å². The van der Waals surface area contributed by atoms with Gasteiger partial charge < -0.3 is 27.9 Å². The normalized spacial score (nSPS) is 14.4. The Labute approximate surface area is 843 Å². The summed E-state index contributed by atoms with van der Waals surface area (Å²) < 4.78 is 14.1. The third-order valence-corrected chi connectivity index (χ3v) is 32.3. The largest absolute Gasteiger partial charge is 0.456 e. The van der Waals surface area contributed by atoms with E-state index in [2.05, 4.69) is 551 Å². The molecule has 0 amide bonds. The highest BCUT2D eigenvalue weighted by molar-refractivity contribution is 6.21. The van der Waals surface area contributed by atoms with Crippen molar-refractivity contribution in [3.63, 3.8) is 0 Å². The molecule has 0 bridgehead atoms. The van der Waals surface area contributed by atoms with Gasteiger partial charge in [0.05, 0.1) is 83.7 Å². The number of hydrogen-bond acceptors (Lipinski definition) is 3. The first-order chi connectivity index (χ1) is 72.5. The van der Waals surface area contributed by atoms with Crippen LogP contribution in [0.1, 0.15) is 44.5 Å². The molecule has 2 atom stereocenters. The smallest absolute Gasteiger partial charge is 0.135 e.